The smallest absolute Gasteiger partial charge is 0.232 e. The topological polar surface area (TPSA) is 51.0 Å². The molecule has 0 unspecified atom stereocenters. The molecule has 0 aliphatic rings. The Balaban J connectivity index is 2.64. The highest BCUT2D eigenvalue weighted by Gasteiger charge is 2.25. The second-order valence-electron chi connectivity index (χ2n) is 4.79. The van der Waals surface area contributed by atoms with Gasteiger partial charge in [0.15, 0.2) is 5.82 Å². The van der Waals surface area contributed by atoms with Crippen molar-refractivity contribution in [1.82, 2.24) is 15.5 Å². The van der Waals surface area contributed by atoms with E-state index < -0.39 is 0 Å². The van der Waals surface area contributed by atoms with Crippen molar-refractivity contribution >= 4 is 0 Å². The molecule has 0 bridgehead atoms. The van der Waals surface area contributed by atoms with Crippen LogP contribution in [0, 0.1) is 0 Å². The zero-order valence-electron chi connectivity index (χ0n) is 10.3. The van der Waals surface area contributed by atoms with Crippen LogP contribution in [0.2, 0.25) is 0 Å². The summed E-state index contributed by atoms with van der Waals surface area (Å²) in [6, 6.07) is 0.436. The molecule has 0 saturated heterocycles. The molecule has 1 aromatic rings. The maximum Gasteiger partial charge on any atom is 0.232 e. The van der Waals surface area contributed by atoms with Gasteiger partial charge in [0.1, 0.15) is 0 Å². The average Bonchev–Trinajstić information content (AvgIpc) is 2.63. The Morgan fingerprint density at radius 3 is 2.60 bits per heavy atom. The van der Waals surface area contributed by atoms with Crippen LogP contribution in [-0.4, -0.2) is 16.2 Å². The van der Waals surface area contributed by atoms with Gasteiger partial charge in [0.25, 0.3) is 0 Å². The van der Waals surface area contributed by atoms with Gasteiger partial charge in [-0.25, -0.2) is 0 Å². The summed E-state index contributed by atoms with van der Waals surface area (Å²) in [5.74, 6) is 1.46. The van der Waals surface area contributed by atoms with Crippen molar-refractivity contribution in [1.29, 1.82) is 0 Å². The Labute approximate surface area is 91.5 Å². The van der Waals surface area contributed by atoms with E-state index in [2.05, 4.69) is 50.1 Å². The van der Waals surface area contributed by atoms with E-state index in [0.717, 1.165) is 18.1 Å². The minimum Gasteiger partial charge on any atom is -0.339 e. The fourth-order valence-corrected chi connectivity index (χ4v) is 1.05. The fourth-order valence-electron chi connectivity index (χ4n) is 1.05. The summed E-state index contributed by atoms with van der Waals surface area (Å²) in [5, 5.41) is 7.21. The number of nitrogens with zero attached hydrogens (tertiary/aromatic N) is 2. The maximum absolute atomic E-state index is 5.25. The molecule has 0 amide bonds. The highest BCUT2D eigenvalue weighted by Crippen LogP contribution is 2.24. The molecule has 0 aliphatic heterocycles. The van der Waals surface area contributed by atoms with Crippen molar-refractivity contribution in [2.24, 2.45) is 0 Å². The van der Waals surface area contributed by atoms with Crippen molar-refractivity contribution in [3.05, 3.63) is 11.7 Å². The first-order valence-electron chi connectivity index (χ1n) is 5.52. The zero-order valence-corrected chi connectivity index (χ0v) is 10.3. The Kier molecular flexibility index (Phi) is 3.85. The van der Waals surface area contributed by atoms with Crippen LogP contribution in [-0.2, 0) is 12.0 Å². The third-order valence-corrected chi connectivity index (χ3v) is 2.60. The summed E-state index contributed by atoms with van der Waals surface area (Å²) < 4.78 is 5.25. The van der Waals surface area contributed by atoms with Gasteiger partial charge >= 0.3 is 0 Å². The van der Waals surface area contributed by atoms with Gasteiger partial charge in [-0.1, -0.05) is 39.8 Å². The molecule has 0 aromatic carbocycles. The fraction of sp³-hybridized carbons (Fsp3) is 0.818. The number of hydrogen-bond donors (Lipinski definition) is 1. The predicted octanol–water partition coefficient (Wildman–Crippen LogP) is 2.26. The summed E-state index contributed by atoms with van der Waals surface area (Å²) in [4.78, 5) is 4.38. The van der Waals surface area contributed by atoms with Crippen LogP contribution in [0.1, 0.15) is 52.8 Å². The molecule has 1 rings (SSSR count). The van der Waals surface area contributed by atoms with Crippen LogP contribution in [0.5, 0.6) is 0 Å². The highest BCUT2D eigenvalue weighted by molar-refractivity contribution is 5.00. The Morgan fingerprint density at radius 1 is 1.40 bits per heavy atom. The van der Waals surface area contributed by atoms with Gasteiger partial charge in [-0.3, -0.25) is 0 Å². The van der Waals surface area contributed by atoms with E-state index in [0.29, 0.717) is 12.6 Å². The molecule has 4 heteroatoms. The summed E-state index contributed by atoms with van der Waals surface area (Å²) in [6.07, 6.45) is 0.992. The first-order valence-corrected chi connectivity index (χ1v) is 5.52. The third-order valence-electron chi connectivity index (χ3n) is 2.60. The largest absolute Gasteiger partial charge is 0.339 e. The number of nitrogens with one attached hydrogen (secondary N) is 1. The molecule has 0 aliphatic carbocycles. The SMILES string of the molecule is CCC(C)(C)c1nc(CNC(C)C)no1. The summed E-state index contributed by atoms with van der Waals surface area (Å²) >= 11 is 0. The molecular weight excluding hydrogens is 190 g/mol. The summed E-state index contributed by atoms with van der Waals surface area (Å²) in [5.41, 5.74) is -0.0247. The van der Waals surface area contributed by atoms with E-state index in [1.165, 1.54) is 0 Å². The van der Waals surface area contributed by atoms with Crippen LogP contribution >= 0.6 is 0 Å². The molecular formula is C11H21N3O. The second kappa shape index (κ2) is 4.75. The van der Waals surface area contributed by atoms with Crippen molar-refractivity contribution in [3.8, 4) is 0 Å². The van der Waals surface area contributed by atoms with Crippen molar-refractivity contribution in [2.75, 3.05) is 0 Å². The maximum atomic E-state index is 5.25. The number of aromatic nitrogens is 2. The van der Waals surface area contributed by atoms with E-state index in [1.54, 1.807) is 0 Å². The van der Waals surface area contributed by atoms with Crippen LogP contribution in [0.15, 0.2) is 4.52 Å². The zero-order chi connectivity index (χ0) is 11.5. The van der Waals surface area contributed by atoms with Gasteiger partial charge in [-0.2, -0.15) is 4.98 Å². The summed E-state index contributed by atoms with van der Waals surface area (Å²) in [7, 11) is 0. The van der Waals surface area contributed by atoms with Crippen molar-refractivity contribution in [3.63, 3.8) is 0 Å². The second-order valence-corrected chi connectivity index (χ2v) is 4.79. The molecule has 0 fully saturated rings. The number of hydrogen-bond acceptors (Lipinski definition) is 4. The van der Waals surface area contributed by atoms with Crippen molar-refractivity contribution in [2.45, 2.75) is 59.0 Å². The lowest BCUT2D eigenvalue weighted by molar-refractivity contribution is 0.299. The first-order chi connectivity index (χ1) is 6.95. The lowest BCUT2D eigenvalue weighted by Crippen LogP contribution is -2.22. The summed E-state index contributed by atoms with van der Waals surface area (Å²) in [6.45, 7) is 11.2. The molecule has 1 heterocycles. The lowest BCUT2D eigenvalue weighted by Gasteiger charge is -2.15. The molecule has 15 heavy (non-hydrogen) atoms. The lowest BCUT2D eigenvalue weighted by atomic mass is 9.90. The minimum absolute atomic E-state index is 0.0247. The molecule has 0 saturated carbocycles. The van der Waals surface area contributed by atoms with Crippen LogP contribution < -0.4 is 5.32 Å². The van der Waals surface area contributed by atoms with Gasteiger partial charge in [-0.15, -0.1) is 0 Å². The Morgan fingerprint density at radius 2 is 2.07 bits per heavy atom. The predicted molar refractivity (Wildman–Crippen MR) is 59.6 cm³/mol. The minimum atomic E-state index is -0.0247. The van der Waals surface area contributed by atoms with E-state index in [1.807, 2.05) is 0 Å². The van der Waals surface area contributed by atoms with Gasteiger partial charge < -0.3 is 9.84 Å². The normalized spacial score (nSPS) is 12.4. The monoisotopic (exact) mass is 211 g/mol. The molecule has 0 spiro atoms. The quantitative estimate of drug-likeness (QED) is 0.811. The molecule has 86 valence electrons. The molecule has 0 atom stereocenters. The van der Waals surface area contributed by atoms with E-state index >= 15 is 0 Å². The van der Waals surface area contributed by atoms with Crippen LogP contribution in [0.3, 0.4) is 0 Å². The third kappa shape index (κ3) is 3.30. The first kappa shape index (κ1) is 12.2. The standard InChI is InChI=1S/C11H21N3O/c1-6-11(4,5)10-13-9(14-15-10)7-12-8(2)3/h8,12H,6-7H2,1-5H3. The van der Waals surface area contributed by atoms with Gasteiger partial charge in [0.2, 0.25) is 5.89 Å². The van der Waals surface area contributed by atoms with Gasteiger partial charge in [0.05, 0.1) is 6.54 Å². The van der Waals surface area contributed by atoms with Gasteiger partial charge in [0, 0.05) is 11.5 Å². The molecule has 1 N–H and O–H groups in total. The van der Waals surface area contributed by atoms with Crippen LogP contribution in [0.25, 0.3) is 0 Å². The van der Waals surface area contributed by atoms with E-state index in [-0.39, 0.29) is 5.41 Å². The van der Waals surface area contributed by atoms with E-state index in [9.17, 15) is 0 Å². The van der Waals surface area contributed by atoms with Crippen LogP contribution in [0.4, 0.5) is 0 Å². The molecule has 0 radical (unpaired) electrons. The molecule has 1 aromatic heterocycles. The van der Waals surface area contributed by atoms with Crippen molar-refractivity contribution < 1.29 is 4.52 Å². The number of rotatable bonds is 5. The van der Waals surface area contributed by atoms with E-state index in [4.69, 9.17) is 4.52 Å². The Bertz CT molecular complexity index is 305. The average molecular weight is 211 g/mol. The molecule has 4 nitrogen and oxygen atoms in total. The van der Waals surface area contributed by atoms with Gasteiger partial charge in [-0.05, 0) is 6.42 Å². The highest BCUT2D eigenvalue weighted by atomic mass is 16.5. The Hall–Kier alpha value is -0.900.